The van der Waals surface area contributed by atoms with Gasteiger partial charge >= 0.3 is 5.97 Å². The van der Waals surface area contributed by atoms with Gasteiger partial charge in [-0.25, -0.2) is 9.31 Å². The zero-order valence-corrected chi connectivity index (χ0v) is 10.4. The van der Waals surface area contributed by atoms with Crippen molar-refractivity contribution in [1.82, 2.24) is 9.61 Å². The van der Waals surface area contributed by atoms with Crippen LogP contribution in [0.5, 0.6) is 0 Å². The van der Waals surface area contributed by atoms with Crippen molar-refractivity contribution in [2.24, 2.45) is 0 Å². The van der Waals surface area contributed by atoms with E-state index in [0.717, 1.165) is 27.3 Å². The Labute approximate surface area is 113 Å². The summed E-state index contributed by atoms with van der Waals surface area (Å²) in [6.45, 7) is 0. The van der Waals surface area contributed by atoms with E-state index in [0.29, 0.717) is 5.22 Å². The van der Waals surface area contributed by atoms with E-state index in [1.54, 1.807) is 0 Å². The molecule has 0 radical (unpaired) electrons. The fourth-order valence-corrected chi connectivity index (χ4v) is 2.75. The number of fused-ring (bicyclic) bond motifs is 5. The maximum absolute atomic E-state index is 11.1. The second-order valence-electron chi connectivity index (χ2n) is 4.69. The van der Waals surface area contributed by atoms with E-state index in [-0.39, 0.29) is 0 Å². The van der Waals surface area contributed by atoms with Crippen LogP contribution in [0.4, 0.5) is 0 Å². The number of benzene rings is 2. The molecule has 0 saturated carbocycles. The van der Waals surface area contributed by atoms with Crippen LogP contribution in [0.1, 0.15) is 0 Å². The molecule has 4 nitrogen and oxygen atoms in total. The van der Waals surface area contributed by atoms with E-state index in [2.05, 4.69) is 5.10 Å². The molecular weight excluding hydrogens is 252 g/mol. The van der Waals surface area contributed by atoms with Crippen molar-refractivity contribution in [3.8, 4) is 0 Å². The number of hydrogen-bond donors (Lipinski definition) is 1. The summed E-state index contributed by atoms with van der Waals surface area (Å²) >= 11 is 0. The summed E-state index contributed by atoms with van der Waals surface area (Å²) in [6.07, 6.45) is 1.26. The first-order chi connectivity index (χ1) is 9.75. The lowest BCUT2D eigenvalue weighted by Gasteiger charge is -1.89. The van der Waals surface area contributed by atoms with Gasteiger partial charge in [0.2, 0.25) is 0 Å². The Morgan fingerprint density at radius 2 is 1.75 bits per heavy atom. The van der Waals surface area contributed by atoms with Gasteiger partial charge in [-0.05, 0) is 12.1 Å². The summed E-state index contributed by atoms with van der Waals surface area (Å²) < 4.78 is 1.83. The summed E-state index contributed by atoms with van der Waals surface area (Å²) in [6, 6.07) is 15.5. The van der Waals surface area contributed by atoms with Crippen molar-refractivity contribution in [3.05, 3.63) is 53.7 Å². The van der Waals surface area contributed by atoms with Gasteiger partial charge in [-0.1, -0.05) is 36.4 Å². The number of carboxylic acid groups (broad SMARTS) is 1. The third kappa shape index (κ3) is 1.36. The predicted octanol–water partition coefficient (Wildman–Crippen LogP) is 2.22. The van der Waals surface area contributed by atoms with Crippen molar-refractivity contribution < 1.29 is 9.90 Å². The smallest absolute Gasteiger partial charge is 0.329 e. The van der Waals surface area contributed by atoms with Gasteiger partial charge in [0.1, 0.15) is 0 Å². The largest absolute Gasteiger partial charge is 0.478 e. The van der Waals surface area contributed by atoms with E-state index in [1.807, 2.05) is 53.0 Å². The molecule has 0 aliphatic heterocycles. The van der Waals surface area contributed by atoms with Gasteiger partial charge in [0.25, 0.3) is 0 Å². The molecule has 0 saturated heterocycles. The van der Waals surface area contributed by atoms with Crippen LogP contribution in [0.25, 0.3) is 33.4 Å². The van der Waals surface area contributed by atoms with E-state index in [1.165, 1.54) is 6.08 Å². The molecule has 1 N–H and O–H groups in total. The minimum absolute atomic E-state index is 0.710. The topological polar surface area (TPSA) is 54.6 Å². The van der Waals surface area contributed by atoms with Crippen molar-refractivity contribution in [1.29, 1.82) is 0 Å². The van der Waals surface area contributed by atoms with Gasteiger partial charge in [0.15, 0.2) is 0 Å². The van der Waals surface area contributed by atoms with E-state index in [4.69, 9.17) is 5.11 Å². The van der Waals surface area contributed by atoms with Gasteiger partial charge in [-0.3, -0.25) is 0 Å². The Morgan fingerprint density at radius 3 is 2.55 bits per heavy atom. The van der Waals surface area contributed by atoms with Gasteiger partial charge in [0, 0.05) is 22.1 Å². The molecule has 0 atom stereocenters. The number of carbonyl (C=O) groups is 1. The first-order valence-corrected chi connectivity index (χ1v) is 6.28. The first-order valence-electron chi connectivity index (χ1n) is 6.28. The molecule has 20 heavy (non-hydrogen) atoms. The molecule has 4 heteroatoms. The van der Waals surface area contributed by atoms with Crippen LogP contribution in [-0.2, 0) is 4.79 Å². The third-order valence-electron chi connectivity index (χ3n) is 3.52. The summed E-state index contributed by atoms with van der Waals surface area (Å²) in [5.41, 5.74) is 2.64. The molecule has 0 aliphatic carbocycles. The molecule has 4 rings (SSSR count). The average Bonchev–Trinajstić information content (AvgIpc) is 2.96. The van der Waals surface area contributed by atoms with Gasteiger partial charge < -0.3 is 5.11 Å². The Bertz CT molecular complexity index is 1020. The van der Waals surface area contributed by atoms with Crippen LogP contribution in [0.2, 0.25) is 0 Å². The Balaban J connectivity index is 2.39. The van der Waals surface area contributed by atoms with Crippen LogP contribution in [-0.4, -0.2) is 20.7 Å². The highest BCUT2D eigenvalue weighted by Crippen LogP contribution is 2.22. The van der Waals surface area contributed by atoms with Crippen molar-refractivity contribution in [2.75, 3.05) is 0 Å². The predicted molar refractivity (Wildman–Crippen MR) is 77.5 cm³/mol. The Morgan fingerprint density at radius 1 is 1.05 bits per heavy atom. The SMILES string of the molecule is O=C(O)C=c1c2ccccc2n2nc3ccccc3c12. The van der Waals surface area contributed by atoms with Crippen LogP contribution in [0, 0.1) is 0 Å². The van der Waals surface area contributed by atoms with Crippen molar-refractivity contribution in [2.45, 2.75) is 0 Å². The van der Waals surface area contributed by atoms with Crippen LogP contribution >= 0.6 is 0 Å². The number of carboxylic acids is 1. The molecule has 0 fully saturated rings. The molecule has 2 heterocycles. The minimum Gasteiger partial charge on any atom is -0.478 e. The monoisotopic (exact) mass is 262 g/mol. The zero-order valence-electron chi connectivity index (χ0n) is 10.4. The molecule has 2 aromatic carbocycles. The Hall–Kier alpha value is -2.88. The quantitative estimate of drug-likeness (QED) is 0.572. The van der Waals surface area contributed by atoms with Crippen molar-refractivity contribution >= 4 is 39.4 Å². The molecule has 2 aromatic heterocycles. The van der Waals surface area contributed by atoms with Crippen molar-refractivity contribution in [3.63, 3.8) is 0 Å². The number of aromatic nitrogens is 2. The zero-order chi connectivity index (χ0) is 13.7. The average molecular weight is 262 g/mol. The summed E-state index contributed by atoms with van der Waals surface area (Å²) in [7, 11) is 0. The highest BCUT2D eigenvalue weighted by Gasteiger charge is 2.13. The highest BCUT2D eigenvalue weighted by molar-refractivity contribution is 6.08. The number of aliphatic carboxylic acids is 1. The second-order valence-corrected chi connectivity index (χ2v) is 4.69. The fourth-order valence-electron chi connectivity index (χ4n) is 2.75. The summed E-state index contributed by atoms with van der Waals surface area (Å²) in [4.78, 5) is 11.1. The number of nitrogens with zero attached hydrogens (tertiary/aromatic N) is 2. The molecular formula is C16H10N2O2. The van der Waals surface area contributed by atoms with Gasteiger partial charge in [-0.15, -0.1) is 0 Å². The van der Waals surface area contributed by atoms with Gasteiger partial charge in [-0.2, -0.15) is 5.10 Å². The molecule has 0 aliphatic rings. The Kier molecular flexibility index (Phi) is 2.09. The molecule has 0 unspecified atom stereocenters. The maximum Gasteiger partial charge on any atom is 0.329 e. The van der Waals surface area contributed by atoms with Crippen LogP contribution in [0.15, 0.2) is 48.5 Å². The lowest BCUT2D eigenvalue weighted by atomic mass is 10.1. The fraction of sp³-hybridized carbons (Fsp3) is 0. The lowest BCUT2D eigenvalue weighted by molar-refractivity contribution is -0.129. The maximum atomic E-state index is 11.1. The molecule has 0 amide bonds. The molecule has 96 valence electrons. The third-order valence-corrected chi connectivity index (χ3v) is 3.52. The second kappa shape index (κ2) is 3.81. The number of hydrogen-bond acceptors (Lipinski definition) is 2. The number of rotatable bonds is 1. The number of para-hydroxylation sites is 1. The van der Waals surface area contributed by atoms with E-state index in [9.17, 15) is 4.79 Å². The summed E-state index contributed by atoms with van der Waals surface area (Å²) in [5.74, 6) is -0.950. The standard InChI is InChI=1S/C16H10N2O2/c19-15(20)9-12-10-5-2-4-8-14(10)18-16(12)11-6-1-3-7-13(11)17-18/h1-9H,(H,19,20). The first kappa shape index (κ1) is 11.0. The molecule has 4 aromatic rings. The summed E-state index contributed by atoms with van der Waals surface area (Å²) in [5, 5.41) is 16.3. The highest BCUT2D eigenvalue weighted by atomic mass is 16.4. The molecule has 0 bridgehead atoms. The van der Waals surface area contributed by atoms with E-state index < -0.39 is 5.97 Å². The normalized spacial score (nSPS) is 12.7. The van der Waals surface area contributed by atoms with Crippen LogP contribution < -0.4 is 5.22 Å². The van der Waals surface area contributed by atoms with E-state index >= 15 is 0 Å². The lowest BCUT2D eigenvalue weighted by Crippen LogP contribution is -2.03. The van der Waals surface area contributed by atoms with Crippen LogP contribution in [0.3, 0.4) is 0 Å². The van der Waals surface area contributed by atoms with Gasteiger partial charge in [0.05, 0.1) is 16.6 Å². The minimum atomic E-state index is -0.950. The molecule has 0 spiro atoms.